The number of nitrogen functional groups attached to an aromatic ring is 1. The molecule has 3 N–H and O–H groups in total. The van der Waals surface area contributed by atoms with Crippen LogP contribution in [0, 0.1) is 6.92 Å². The third kappa shape index (κ3) is 5.89. The Hall–Kier alpha value is -4.11. The third-order valence-electron chi connectivity index (χ3n) is 6.72. The van der Waals surface area contributed by atoms with Gasteiger partial charge in [-0.05, 0) is 54.4 Å². The van der Waals surface area contributed by atoms with Gasteiger partial charge in [0.2, 0.25) is 5.91 Å². The Morgan fingerprint density at radius 1 is 0.895 bits per heavy atom. The maximum absolute atomic E-state index is 13.2. The van der Waals surface area contributed by atoms with Gasteiger partial charge < -0.3 is 20.5 Å². The largest absolute Gasteiger partial charge is 0.398 e. The summed E-state index contributed by atoms with van der Waals surface area (Å²) in [6.45, 7) is 2.60. The Morgan fingerprint density at radius 3 is 2.29 bits per heavy atom. The predicted molar refractivity (Wildman–Crippen MR) is 149 cm³/mol. The van der Waals surface area contributed by atoms with E-state index >= 15 is 0 Å². The summed E-state index contributed by atoms with van der Waals surface area (Å²) in [6.07, 6.45) is -0.154. The third-order valence-corrected chi connectivity index (χ3v) is 8.45. The molecule has 2 amide bonds. The molecule has 8 nitrogen and oxygen atoms in total. The number of benzene rings is 3. The van der Waals surface area contributed by atoms with E-state index < -0.39 is 9.84 Å². The van der Waals surface area contributed by atoms with Crippen LogP contribution in [0.3, 0.4) is 0 Å². The van der Waals surface area contributed by atoms with Crippen molar-refractivity contribution in [3.05, 3.63) is 95.2 Å². The molecule has 1 heterocycles. The Balaban J connectivity index is 1.41. The number of nitrogens with zero attached hydrogens (tertiary/aromatic N) is 2. The Bertz CT molecular complexity index is 1580. The number of para-hydroxylation sites is 1. The Labute approximate surface area is 223 Å². The minimum absolute atomic E-state index is 0.154. The van der Waals surface area contributed by atoms with E-state index in [0.717, 1.165) is 22.2 Å². The Morgan fingerprint density at radius 2 is 1.58 bits per heavy atom. The molecular formula is C29H32N4O4S. The van der Waals surface area contributed by atoms with Crippen molar-refractivity contribution < 1.29 is 18.0 Å². The van der Waals surface area contributed by atoms with Gasteiger partial charge in [-0.15, -0.1) is 0 Å². The highest BCUT2D eigenvalue weighted by Crippen LogP contribution is 2.23. The summed E-state index contributed by atoms with van der Waals surface area (Å²) < 4.78 is 25.0. The van der Waals surface area contributed by atoms with Gasteiger partial charge in [-0.25, -0.2) is 8.42 Å². The number of carbonyl (C=O) groups is 2. The molecule has 3 aromatic carbocycles. The van der Waals surface area contributed by atoms with Gasteiger partial charge in [-0.2, -0.15) is 0 Å². The lowest BCUT2D eigenvalue weighted by atomic mass is 10.1. The van der Waals surface area contributed by atoms with Crippen LogP contribution in [0.15, 0.2) is 77.7 Å². The number of H-pyrrole nitrogens is 1. The number of aromatic amines is 1. The number of aryl methyl sites for hydroxylation is 1. The van der Waals surface area contributed by atoms with Crippen LogP contribution in [0.4, 0.5) is 5.69 Å². The second-order valence-electron chi connectivity index (χ2n) is 9.48. The average molecular weight is 533 g/mol. The summed E-state index contributed by atoms with van der Waals surface area (Å²) in [7, 11) is -0.224. The fourth-order valence-electron chi connectivity index (χ4n) is 4.40. The number of amides is 2. The van der Waals surface area contributed by atoms with Crippen molar-refractivity contribution >= 4 is 38.2 Å². The quantitative estimate of drug-likeness (QED) is 0.314. The number of carbonyl (C=O) groups excluding carboxylic acids is 2. The molecule has 9 heteroatoms. The number of aromatic nitrogens is 1. The molecule has 0 aliphatic carbocycles. The molecule has 0 unspecified atom stereocenters. The van der Waals surface area contributed by atoms with Crippen LogP contribution in [0.25, 0.3) is 10.9 Å². The van der Waals surface area contributed by atoms with Crippen LogP contribution in [0.1, 0.15) is 33.6 Å². The van der Waals surface area contributed by atoms with E-state index in [1.807, 2.05) is 31.2 Å². The van der Waals surface area contributed by atoms with E-state index in [2.05, 4.69) is 4.98 Å². The molecule has 4 rings (SSSR count). The molecule has 0 bridgehead atoms. The first-order valence-corrected chi connectivity index (χ1v) is 13.9. The monoisotopic (exact) mass is 532 g/mol. The van der Waals surface area contributed by atoms with Crippen LogP contribution in [-0.2, 0) is 27.7 Å². The first-order chi connectivity index (χ1) is 18.1. The van der Waals surface area contributed by atoms with Crippen molar-refractivity contribution in [1.29, 1.82) is 0 Å². The van der Waals surface area contributed by atoms with E-state index in [9.17, 15) is 18.0 Å². The molecule has 0 saturated heterocycles. The summed E-state index contributed by atoms with van der Waals surface area (Å²) in [5.41, 5.74) is 10.8. The molecular weight excluding hydrogens is 500 g/mol. The molecule has 1 aromatic heterocycles. The van der Waals surface area contributed by atoms with Crippen molar-refractivity contribution in [2.45, 2.75) is 31.3 Å². The number of nitrogens with one attached hydrogen (secondary N) is 1. The van der Waals surface area contributed by atoms with Crippen LogP contribution >= 0.6 is 0 Å². The van der Waals surface area contributed by atoms with Crippen LogP contribution in [0.2, 0.25) is 0 Å². The molecule has 0 radical (unpaired) electrons. The summed E-state index contributed by atoms with van der Waals surface area (Å²) in [5, 5.41) is 1.13. The number of anilines is 1. The Kier molecular flexibility index (Phi) is 7.87. The summed E-state index contributed by atoms with van der Waals surface area (Å²) in [6, 6.07) is 21.1. The zero-order chi connectivity index (χ0) is 27.4. The molecule has 0 fully saturated rings. The first kappa shape index (κ1) is 26.9. The second-order valence-corrected chi connectivity index (χ2v) is 11.6. The minimum atomic E-state index is -3.56. The molecule has 0 aliphatic rings. The van der Waals surface area contributed by atoms with Gasteiger partial charge in [0.05, 0.1) is 17.2 Å². The number of hydrogen-bond acceptors (Lipinski definition) is 5. The summed E-state index contributed by atoms with van der Waals surface area (Å²) in [5.74, 6) is -0.786. The highest BCUT2D eigenvalue weighted by molar-refractivity contribution is 7.91. The molecule has 0 saturated carbocycles. The SMILES string of the molecule is Cc1c(CN(C)C(=O)c2ccc(N)c(CN(C)C(=O)CCS(=O)(=O)c3ccccc3)c2)[nH]c2ccccc12. The van der Waals surface area contributed by atoms with Crippen LogP contribution in [0.5, 0.6) is 0 Å². The number of hydrogen-bond donors (Lipinski definition) is 2. The molecule has 0 spiro atoms. The van der Waals surface area contributed by atoms with E-state index in [0.29, 0.717) is 23.4 Å². The summed E-state index contributed by atoms with van der Waals surface area (Å²) >= 11 is 0. The van der Waals surface area contributed by atoms with Gasteiger partial charge in [0.1, 0.15) is 0 Å². The maximum Gasteiger partial charge on any atom is 0.253 e. The standard InChI is InChI=1S/C29H32N4O4S/c1-20-24-11-7-8-12-26(24)31-27(20)19-33(3)29(35)21-13-14-25(30)22(17-21)18-32(2)28(34)15-16-38(36,37)23-9-5-4-6-10-23/h4-14,17,31H,15-16,18-19,30H2,1-3H3. The highest BCUT2D eigenvalue weighted by atomic mass is 32.2. The lowest BCUT2D eigenvalue weighted by molar-refractivity contribution is -0.130. The van der Waals surface area contributed by atoms with Gasteiger partial charge in [0.25, 0.3) is 5.91 Å². The second kappa shape index (κ2) is 11.1. The molecule has 4 aromatic rings. The van der Waals surface area contributed by atoms with Crippen molar-refractivity contribution in [3.8, 4) is 0 Å². The zero-order valence-corrected chi connectivity index (χ0v) is 22.6. The minimum Gasteiger partial charge on any atom is -0.398 e. The predicted octanol–water partition coefficient (Wildman–Crippen LogP) is 4.15. The number of rotatable bonds is 9. The molecule has 198 valence electrons. The molecule has 0 atom stereocenters. The lowest BCUT2D eigenvalue weighted by Gasteiger charge is -2.21. The maximum atomic E-state index is 13.2. The van der Waals surface area contributed by atoms with Gasteiger partial charge >= 0.3 is 0 Å². The smallest absolute Gasteiger partial charge is 0.253 e. The van der Waals surface area contributed by atoms with Crippen LogP contribution < -0.4 is 5.73 Å². The van der Waals surface area contributed by atoms with Gasteiger partial charge in [-0.1, -0.05) is 36.4 Å². The topological polar surface area (TPSA) is 117 Å². The average Bonchev–Trinajstić information content (AvgIpc) is 3.23. The lowest BCUT2D eigenvalue weighted by Crippen LogP contribution is -2.29. The molecule has 38 heavy (non-hydrogen) atoms. The summed E-state index contributed by atoms with van der Waals surface area (Å²) in [4.78, 5) is 32.6. The van der Waals surface area contributed by atoms with Gasteiger partial charge in [0, 0.05) is 54.9 Å². The van der Waals surface area contributed by atoms with E-state index in [-0.39, 0.29) is 35.4 Å². The number of nitrogens with two attached hydrogens (primary N) is 1. The van der Waals surface area contributed by atoms with Gasteiger partial charge in [0.15, 0.2) is 9.84 Å². The zero-order valence-electron chi connectivity index (χ0n) is 21.8. The first-order valence-electron chi connectivity index (χ1n) is 12.3. The van der Waals surface area contributed by atoms with Crippen molar-refractivity contribution in [1.82, 2.24) is 14.8 Å². The highest BCUT2D eigenvalue weighted by Gasteiger charge is 2.20. The number of sulfone groups is 1. The van der Waals surface area contributed by atoms with Crippen molar-refractivity contribution in [3.63, 3.8) is 0 Å². The number of fused-ring (bicyclic) bond motifs is 1. The normalized spacial score (nSPS) is 11.4. The molecule has 0 aliphatic heterocycles. The van der Waals surface area contributed by atoms with Gasteiger partial charge in [-0.3, -0.25) is 9.59 Å². The van der Waals surface area contributed by atoms with E-state index in [1.54, 1.807) is 55.4 Å². The fraction of sp³-hybridized carbons (Fsp3) is 0.241. The van der Waals surface area contributed by atoms with E-state index in [1.165, 1.54) is 17.0 Å². The fourth-order valence-corrected chi connectivity index (χ4v) is 5.65. The van der Waals surface area contributed by atoms with Crippen molar-refractivity contribution in [2.75, 3.05) is 25.6 Å². The van der Waals surface area contributed by atoms with Crippen LogP contribution in [-0.4, -0.2) is 54.9 Å². The van der Waals surface area contributed by atoms with Crippen molar-refractivity contribution in [2.24, 2.45) is 0 Å². The van der Waals surface area contributed by atoms with E-state index in [4.69, 9.17) is 5.73 Å².